The van der Waals surface area contributed by atoms with E-state index in [1.54, 1.807) is 7.11 Å². The number of nitrogens with one attached hydrogen (secondary N) is 1. The molecular formula is C15H28N4OS. The molecule has 6 heteroatoms. The van der Waals surface area contributed by atoms with Gasteiger partial charge in [-0.1, -0.05) is 6.92 Å². The lowest BCUT2D eigenvalue weighted by Crippen LogP contribution is -2.41. The van der Waals surface area contributed by atoms with Gasteiger partial charge >= 0.3 is 0 Å². The number of nitrogens with zero attached hydrogens (tertiary/aromatic N) is 3. The molecule has 0 amide bonds. The summed E-state index contributed by atoms with van der Waals surface area (Å²) < 4.78 is 5.29. The zero-order valence-electron chi connectivity index (χ0n) is 13.7. The molecule has 5 nitrogen and oxygen atoms in total. The van der Waals surface area contributed by atoms with Gasteiger partial charge in [-0.05, 0) is 33.5 Å². The molecule has 1 fully saturated rings. The Bertz CT molecular complexity index is 427. The summed E-state index contributed by atoms with van der Waals surface area (Å²) in [6, 6.07) is 0.709. The molecule has 0 aromatic carbocycles. The molecule has 0 saturated carbocycles. The van der Waals surface area contributed by atoms with Crippen LogP contribution in [0.1, 0.15) is 30.3 Å². The van der Waals surface area contributed by atoms with Gasteiger partial charge in [0.2, 0.25) is 0 Å². The van der Waals surface area contributed by atoms with Gasteiger partial charge in [-0.25, -0.2) is 4.98 Å². The average Bonchev–Trinajstić information content (AvgIpc) is 2.88. The minimum atomic E-state index is 0.603. The maximum atomic E-state index is 5.29. The van der Waals surface area contributed by atoms with E-state index < -0.39 is 0 Å². The third-order valence-corrected chi connectivity index (χ3v) is 5.21. The smallest absolute Gasteiger partial charge is 0.185 e. The van der Waals surface area contributed by atoms with E-state index in [0.717, 1.165) is 37.0 Å². The Hall–Kier alpha value is -0.690. The van der Waals surface area contributed by atoms with Crippen molar-refractivity contribution in [2.45, 2.75) is 39.0 Å². The van der Waals surface area contributed by atoms with Gasteiger partial charge in [-0.2, -0.15) is 0 Å². The summed E-state index contributed by atoms with van der Waals surface area (Å²) in [4.78, 5) is 10.9. The number of aromatic nitrogens is 1. The lowest BCUT2D eigenvalue weighted by molar-refractivity contribution is 0.181. The van der Waals surface area contributed by atoms with Gasteiger partial charge in [0.1, 0.15) is 0 Å². The quantitative estimate of drug-likeness (QED) is 0.833. The standard InChI is InChI=1S/C15H28N4OS/c1-5-16-10-14-13(11-20-4)17-15(21-14)19-8-6-12(7-9-19)18(2)3/h12,16H,5-11H2,1-4H3. The predicted molar refractivity (Wildman–Crippen MR) is 89.1 cm³/mol. The first-order chi connectivity index (χ1) is 10.2. The number of rotatable bonds is 7. The Morgan fingerprint density at radius 3 is 2.67 bits per heavy atom. The van der Waals surface area contributed by atoms with Crippen molar-refractivity contribution in [2.75, 3.05) is 45.7 Å². The molecule has 1 aliphatic rings. The highest BCUT2D eigenvalue weighted by atomic mass is 32.1. The van der Waals surface area contributed by atoms with Crippen molar-refractivity contribution >= 4 is 16.5 Å². The van der Waals surface area contributed by atoms with E-state index in [4.69, 9.17) is 9.72 Å². The number of thiazole rings is 1. The SMILES string of the molecule is CCNCc1sc(N2CCC(N(C)C)CC2)nc1COC. The molecule has 0 spiro atoms. The molecule has 1 saturated heterocycles. The first kappa shape index (κ1) is 16.7. The molecule has 0 radical (unpaired) electrons. The van der Waals surface area contributed by atoms with Crippen LogP contribution in [0.4, 0.5) is 5.13 Å². The van der Waals surface area contributed by atoms with Gasteiger partial charge in [0.25, 0.3) is 0 Å². The zero-order chi connectivity index (χ0) is 15.2. The van der Waals surface area contributed by atoms with Crippen molar-refractivity contribution in [3.05, 3.63) is 10.6 Å². The molecule has 1 aliphatic heterocycles. The van der Waals surface area contributed by atoms with Crippen LogP contribution in [0.2, 0.25) is 0 Å². The second-order valence-electron chi connectivity index (χ2n) is 5.76. The summed E-state index contributed by atoms with van der Waals surface area (Å²) in [6.45, 7) is 6.80. The normalized spacial score (nSPS) is 16.9. The van der Waals surface area contributed by atoms with Gasteiger partial charge < -0.3 is 19.9 Å². The van der Waals surface area contributed by atoms with Crippen LogP contribution in [0.15, 0.2) is 0 Å². The molecule has 1 aromatic heterocycles. The third kappa shape index (κ3) is 4.39. The molecule has 1 aromatic rings. The maximum Gasteiger partial charge on any atom is 0.185 e. The number of ether oxygens (including phenoxy) is 1. The van der Waals surface area contributed by atoms with Crippen molar-refractivity contribution in [3.63, 3.8) is 0 Å². The molecule has 0 bridgehead atoms. The summed E-state index contributed by atoms with van der Waals surface area (Å²) in [7, 11) is 6.09. The van der Waals surface area contributed by atoms with Crippen LogP contribution >= 0.6 is 11.3 Å². The predicted octanol–water partition coefficient (Wildman–Crippen LogP) is 1.93. The Kier molecular flexibility index (Phi) is 6.41. The van der Waals surface area contributed by atoms with Gasteiger partial charge in [-0.3, -0.25) is 0 Å². The molecule has 1 N–H and O–H groups in total. The topological polar surface area (TPSA) is 40.6 Å². The van der Waals surface area contributed by atoms with E-state index in [9.17, 15) is 0 Å². The number of methoxy groups -OCH3 is 1. The highest BCUT2D eigenvalue weighted by Gasteiger charge is 2.23. The number of hydrogen-bond donors (Lipinski definition) is 1. The number of piperidine rings is 1. The third-order valence-electron chi connectivity index (χ3n) is 4.05. The van der Waals surface area contributed by atoms with Crippen molar-refractivity contribution in [3.8, 4) is 0 Å². The minimum absolute atomic E-state index is 0.603. The molecule has 120 valence electrons. The zero-order valence-corrected chi connectivity index (χ0v) is 14.5. The van der Waals surface area contributed by atoms with Gasteiger partial charge in [0, 0.05) is 37.7 Å². The molecule has 0 atom stereocenters. The van der Waals surface area contributed by atoms with Gasteiger partial charge in [0.15, 0.2) is 5.13 Å². The van der Waals surface area contributed by atoms with Gasteiger partial charge in [0.05, 0.1) is 12.3 Å². The summed E-state index contributed by atoms with van der Waals surface area (Å²) in [5.41, 5.74) is 1.09. The van der Waals surface area contributed by atoms with E-state index in [1.165, 1.54) is 17.7 Å². The highest BCUT2D eigenvalue weighted by molar-refractivity contribution is 7.15. The number of hydrogen-bond acceptors (Lipinski definition) is 6. The van der Waals surface area contributed by atoms with E-state index in [-0.39, 0.29) is 0 Å². The van der Waals surface area contributed by atoms with Crippen molar-refractivity contribution in [1.82, 2.24) is 15.2 Å². The van der Waals surface area contributed by atoms with Crippen LogP contribution in [0.25, 0.3) is 0 Å². The van der Waals surface area contributed by atoms with Crippen LogP contribution in [-0.4, -0.2) is 56.8 Å². The van der Waals surface area contributed by atoms with Crippen LogP contribution in [-0.2, 0) is 17.9 Å². The minimum Gasteiger partial charge on any atom is -0.378 e. The fourth-order valence-electron chi connectivity index (χ4n) is 2.70. The van der Waals surface area contributed by atoms with E-state index in [2.05, 4.69) is 36.1 Å². The van der Waals surface area contributed by atoms with Crippen molar-refractivity contribution < 1.29 is 4.74 Å². The fraction of sp³-hybridized carbons (Fsp3) is 0.800. The Morgan fingerprint density at radius 1 is 1.38 bits per heavy atom. The Labute approximate surface area is 132 Å². The van der Waals surface area contributed by atoms with Crippen molar-refractivity contribution in [2.24, 2.45) is 0 Å². The summed E-state index contributed by atoms with van der Waals surface area (Å²) in [6.07, 6.45) is 2.43. The monoisotopic (exact) mass is 312 g/mol. The van der Waals surface area contributed by atoms with E-state index >= 15 is 0 Å². The first-order valence-corrected chi connectivity index (χ1v) is 8.57. The van der Waals surface area contributed by atoms with E-state index in [1.807, 2.05) is 11.3 Å². The highest BCUT2D eigenvalue weighted by Crippen LogP contribution is 2.29. The maximum absolute atomic E-state index is 5.29. The lowest BCUT2D eigenvalue weighted by atomic mass is 10.0. The average molecular weight is 312 g/mol. The largest absolute Gasteiger partial charge is 0.378 e. The number of anilines is 1. The Morgan fingerprint density at radius 2 is 2.10 bits per heavy atom. The van der Waals surface area contributed by atoms with Crippen molar-refractivity contribution in [1.29, 1.82) is 0 Å². The fourth-order valence-corrected chi connectivity index (χ4v) is 3.79. The van der Waals surface area contributed by atoms with E-state index in [0.29, 0.717) is 12.6 Å². The van der Waals surface area contributed by atoms with Crippen LogP contribution < -0.4 is 10.2 Å². The van der Waals surface area contributed by atoms with Crippen LogP contribution in [0.3, 0.4) is 0 Å². The summed E-state index contributed by atoms with van der Waals surface area (Å²) in [5.74, 6) is 0. The van der Waals surface area contributed by atoms with Gasteiger partial charge in [-0.15, -0.1) is 11.3 Å². The first-order valence-electron chi connectivity index (χ1n) is 7.75. The molecular weight excluding hydrogens is 284 g/mol. The van der Waals surface area contributed by atoms with Crippen LogP contribution in [0.5, 0.6) is 0 Å². The second-order valence-corrected chi connectivity index (χ2v) is 6.82. The van der Waals surface area contributed by atoms with Crippen LogP contribution in [0, 0.1) is 0 Å². The Balaban J connectivity index is 2.02. The summed E-state index contributed by atoms with van der Waals surface area (Å²) >= 11 is 1.81. The molecule has 0 aliphatic carbocycles. The lowest BCUT2D eigenvalue weighted by Gasteiger charge is -2.35. The second kappa shape index (κ2) is 8.08. The molecule has 21 heavy (non-hydrogen) atoms. The summed E-state index contributed by atoms with van der Waals surface area (Å²) in [5, 5.41) is 4.55. The molecule has 0 unspecified atom stereocenters. The molecule has 2 rings (SSSR count). The molecule has 2 heterocycles.